The lowest BCUT2D eigenvalue weighted by Gasteiger charge is -2.02. The van der Waals surface area contributed by atoms with Crippen LogP contribution in [0.1, 0.15) is 10.6 Å². The number of para-hydroxylation sites is 1. The van der Waals surface area contributed by atoms with E-state index in [4.69, 9.17) is 5.73 Å². The monoisotopic (exact) mass is 242 g/mol. The molecule has 0 unspecified atom stereocenters. The molecule has 4 nitrogen and oxygen atoms in total. The first-order valence-electron chi connectivity index (χ1n) is 5.23. The van der Waals surface area contributed by atoms with Gasteiger partial charge in [-0.1, -0.05) is 29.5 Å². The Bertz CT molecular complexity index is 657. The zero-order valence-corrected chi connectivity index (χ0v) is 9.81. The van der Waals surface area contributed by atoms with Gasteiger partial charge >= 0.3 is 0 Å². The molecule has 3 rings (SSSR count). The van der Waals surface area contributed by atoms with Crippen LogP contribution >= 0.6 is 11.3 Å². The number of fused-ring (bicyclic) bond motifs is 1. The van der Waals surface area contributed by atoms with Crippen LogP contribution in [0, 0.1) is 0 Å². The molecule has 2 aromatic heterocycles. The van der Waals surface area contributed by atoms with E-state index in [0.29, 0.717) is 5.13 Å². The molecule has 0 aliphatic carbocycles. The van der Waals surface area contributed by atoms with Gasteiger partial charge in [-0.15, -0.1) is 10.2 Å². The van der Waals surface area contributed by atoms with Gasteiger partial charge in [0.05, 0.1) is 5.52 Å². The molecule has 84 valence electrons. The number of hydrogen-bond acceptors (Lipinski definition) is 5. The van der Waals surface area contributed by atoms with Crippen LogP contribution in [-0.2, 0) is 6.42 Å². The van der Waals surface area contributed by atoms with Gasteiger partial charge in [0.25, 0.3) is 0 Å². The predicted molar refractivity (Wildman–Crippen MR) is 68.9 cm³/mol. The van der Waals surface area contributed by atoms with Crippen molar-refractivity contribution in [3.05, 3.63) is 47.1 Å². The Morgan fingerprint density at radius 1 is 1.12 bits per heavy atom. The first kappa shape index (κ1) is 10.2. The first-order valence-corrected chi connectivity index (χ1v) is 6.05. The highest BCUT2D eigenvalue weighted by Gasteiger charge is 2.06. The zero-order valence-electron chi connectivity index (χ0n) is 9.00. The van der Waals surface area contributed by atoms with E-state index in [1.165, 1.54) is 16.9 Å². The molecule has 0 fully saturated rings. The van der Waals surface area contributed by atoms with Crippen LogP contribution in [0.2, 0.25) is 0 Å². The van der Waals surface area contributed by atoms with Crippen LogP contribution < -0.4 is 5.73 Å². The van der Waals surface area contributed by atoms with E-state index >= 15 is 0 Å². The van der Waals surface area contributed by atoms with Crippen LogP contribution in [0.15, 0.2) is 36.5 Å². The molecule has 1 aromatic carbocycles. The second kappa shape index (κ2) is 4.10. The number of benzene rings is 1. The average molecular weight is 242 g/mol. The van der Waals surface area contributed by atoms with Crippen molar-refractivity contribution < 1.29 is 0 Å². The maximum Gasteiger partial charge on any atom is 0.203 e. The second-order valence-electron chi connectivity index (χ2n) is 3.70. The summed E-state index contributed by atoms with van der Waals surface area (Å²) in [4.78, 5) is 4.33. The van der Waals surface area contributed by atoms with Crippen molar-refractivity contribution in [3.63, 3.8) is 0 Å². The fourth-order valence-corrected chi connectivity index (χ4v) is 2.44. The molecule has 0 atom stereocenters. The van der Waals surface area contributed by atoms with E-state index in [2.05, 4.69) is 21.2 Å². The lowest BCUT2D eigenvalue weighted by molar-refractivity contribution is 1.01. The molecule has 0 saturated heterocycles. The summed E-state index contributed by atoms with van der Waals surface area (Å²) >= 11 is 1.43. The maximum atomic E-state index is 5.58. The highest BCUT2D eigenvalue weighted by molar-refractivity contribution is 7.15. The molecule has 2 N–H and O–H groups in total. The maximum absolute atomic E-state index is 5.58. The van der Waals surface area contributed by atoms with E-state index in [1.807, 2.05) is 30.5 Å². The van der Waals surface area contributed by atoms with E-state index in [9.17, 15) is 0 Å². The van der Waals surface area contributed by atoms with Gasteiger partial charge in [0, 0.05) is 18.0 Å². The lowest BCUT2D eigenvalue weighted by atomic mass is 10.1. The normalized spacial score (nSPS) is 10.8. The number of anilines is 1. The summed E-state index contributed by atoms with van der Waals surface area (Å²) in [6, 6.07) is 10.1. The van der Waals surface area contributed by atoms with Crippen molar-refractivity contribution in [1.82, 2.24) is 15.2 Å². The Hall–Kier alpha value is -2.01. The van der Waals surface area contributed by atoms with Crippen LogP contribution in [-0.4, -0.2) is 15.2 Å². The van der Waals surface area contributed by atoms with Crippen molar-refractivity contribution in [1.29, 1.82) is 0 Å². The largest absolute Gasteiger partial charge is 0.374 e. The third-order valence-electron chi connectivity index (χ3n) is 2.56. The molecule has 5 heteroatoms. The number of nitrogen functional groups attached to an aromatic ring is 1. The summed E-state index contributed by atoms with van der Waals surface area (Å²) in [5.41, 5.74) is 7.78. The molecule has 0 amide bonds. The number of rotatable bonds is 2. The molecular weight excluding hydrogens is 232 g/mol. The fraction of sp³-hybridized carbons (Fsp3) is 0.0833. The van der Waals surface area contributed by atoms with Crippen molar-refractivity contribution in [2.75, 3.05) is 5.73 Å². The third-order valence-corrected chi connectivity index (χ3v) is 3.32. The van der Waals surface area contributed by atoms with E-state index in [1.54, 1.807) is 0 Å². The molecule has 0 radical (unpaired) electrons. The van der Waals surface area contributed by atoms with Gasteiger partial charge in [0.15, 0.2) is 0 Å². The van der Waals surface area contributed by atoms with E-state index in [-0.39, 0.29) is 0 Å². The number of aromatic nitrogens is 3. The molecule has 0 spiro atoms. The molecule has 0 aliphatic rings. The van der Waals surface area contributed by atoms with Crippen LogP contribution in [0.4, 0.5) is 5.13 Å². The average Bonchev–Trinajstić information content (AvgIpc) is 2.75. The Kier molecular flexibility index (Phi) is 2.45. The molecule has 0 aliphatic heterocycles. The van der Waals surface area contributed by atoms with E-state index in [0.717, 1.165) is 22.3 Å². The summed E-state index contributed by atoms with van der Waals surface area (Å²) in [7, 11) is 0. The van der Waals surface area contributed by atoms with Crippen molar-refractivity contribution in [2.45, 2.75) is 6.42 Å². The minimum atomic E-state index is 0.512. The molecule has 3 aromatic rings. The van der Waals surface area contributed by atoms with Gasteiger partial charge in [-0.3, -0.25) is 4.98 Å². The van der Waals surface area contributed by atoms with Crippen molar-refractivity contribution >= 4 is 27.4 Å². The Morgan fingerprint density at radius 2 is 2.00 bits per heavy atom. The van der Waals surface area contributed by atoms with Gasteiger partial charge in [-0.05, 0) is 17.7 Å². The SMILES string of the molecule is Nc1nnc(Cc2ccnc3ccccc23)s1. The fourth-order valence-electron chi connectivity index (χ4n) is 1.81. The third kappa shape index (κ3) is 1.97. The Labute approximate surface area is 102 Å². The summed E-state index contributed by atoms with van der Waals surface area (Å²) in [6.45, 7) is 0. The van der Waals surface area contributed by atoms with Crippen LogP contribution in [0.25, 0.3) is 10.9 Å². The molecule has 0 bridgehead atoms. The number of nitrogens with zero attached hydrogens (tertiary/aromatic N) is 3. The Balaban J connectivity index is 2.05. The molecule has 17 heavy (non-hydrogen) atoms. The molecule has 0 saturated carbocycles. The topological polar surface area (TPSA) is 64.7 Å². The van der Waals surface area contributed by atoms with Gasteiger partial charge in [0.2, 0.25) is 5.13 Å². The van der Waals surface area contributed by atoms with Gasteiger partial charge < -0.3 is 5.73 Å². The summed E-state index contributed by atoms with van der Waals surface area (Å²) in [5.74, 6) is 0. The highest BCUT2D eigenvalue weighted by atomic mass is 32.1. The molecule has 2 heterocycles. The first-order chi connectivity index (χ1) is 8.33. The van der Waals surface area contributed by atoms with Gasteiger partial charge in [0.1, 0.15) is 5.01 Å². The molecular formula is C12H10N4S. The Morgan fingerprint density at radius 3 is 2.82 bits per heavy atom. The number of hydrogen-bond donors (Lipinski definition) is 1. The number of pyridine rings is 1. The van der Waals surface area contributed by atoms with Crippen LogP contribution in [0.5, 0.6) is 0 Å². The minimum absolute atomic E-state index is 0.512. The van der Waals surface area contributed by atoms with Gasteiger partial charge in [-0.25, -0.2) is 0 Å². The summed E-state index contributed by atoms with van der Waals surface area (Å²) < 4.78 is 0. The number of nitrogens with two attached hydrogens (primary N) is 1. The predicted octanol–water partition coefficient (Wildman–Crippen LogP) is 2.26. The second-order valence-corrected chi connectivity index (χ2v) is 4.79. The minimum Gasteiger partial charge on any atom is -0.374 e. The standard InChI is InChI=1S/C12H10N4S/c13-12-16-15-11(17-12)7-8-5-6-14-10-4-2-1-3-9(8)10/h1-6H,7H2,(H2,13,16). The summed E-state index contributed by atoms with van der Waals surface area (Å²) in [6.07, 6.45) is 2.57. The zero-order chi connectivity index (χ0) is 11.7. The smallest absolute Gasteiger partial charge is 0.203 e. The van der Waals surface area contributed by atoms with E-state index < -0.39 is 0 Å². The lowest BCUT2D eigenvalue weighted by Crippen LogP contribution is -1.90. The van der Waals surface area contributed by atoms with Gasteiger partial charge in [-0.2, -0.15) is 0 Å². The summed E-state index contributed by atoms with van der Waals surface area (Å²) in [5, 5.41) is 10.5. The quantitative estimate of drug-likeness (QED) is 0.748. The highest BCUT2D eigenvalue weighted by Crippen LogP contribution is 2.21. The van der Waals surface area contributed by atoms with Crippen molar-refractivity contribution in [2.24, 2.45) is 0 Å². The van der Waals surface area contributed by atoms with Crippen LogP contribution in [0.3, 0.4) is 0 Å². The van der Waals surface area contributed by atoms with Crippen molar-refractivity contribution in [3.8, 4) is 0 Å².